The van der Waals surface area contributed by atoms with E-state index >= 15 is 0 Å². The zero-order valence-corrected chi connectivity index (χ0v) is 19.4. The van der Waals surface area contributed by atoms with Crippen molar-refractivity contribution < 1.29 is 23.5 Å². The molecule has 2 N–H and O–H groups in total. The number of rotatable bonds is 9. The summed E-state index contributed by atoms with van der Waals surface area (Å²) in [4.78, 5) is 24.7. The van der Waals surface area contributed by atoms with Gasteiger partial charge in [-0.2, -0.15) is 5.26 Å². The van der Waals surface area contributed by atoms with Gasteiger partial charge in [-0.25, -0.2) is 4.39 Å². The molecule has 0 saturated heterocycles. The molecule has 0 saturated carbocycles. The molecule has 0 spiro atoms. The molecule has 3 aromatic carbocycles. The van der Waals surface area contributed by atoms with Crippen molar-refractivity contribution in [2.24, 2.45) is 0 Å². The van der Waals surface area contributed by atoms with Gasteiger partial charge >= 0.3 is 0 Å². The van der Waals surface area contributed by atoms with Crippen LogP contribution >= 0.6 is 11.6 Å². The first-order valence-electron chi connectivity index (χ1n) is 10.5. The number of halogens is 2. The maximum absolute atomic E-state index is 13.3. The lowest BCUT2D eigenvalue weighted by molar-refractivity contribution is -0.118. The van der Waals surface area contributed by atoms with Crippen LogP contribution in [0.2, 0.25) is 5.02 Å². The molecule has 0 bridgehead atoms. The first kappa shape index (κ1) is 25.3. The van der Waals surface area contributed by atoms with Gasteiger partial charge in [-0.15, -0.1) is 0 Å². The van der Waals surface area contributed by atoms with Gasteiger partial charge in [0.15, 0.2) is 18.1 Å². The Kier molecular flexibility index (Phi) is 8.82. The van der Waals surface area contributed by atoms with Crippen LogP contribution in [0, 0.1) is 17.1 Å². The van der Waals surface area contributed by atoms with E-state index in [1.54, 1.807) is 49.4 Å². The second kappa shape index (κ2) is 12.2. The standard InChI is InChI=1S/C26H21ClFN3O4/c1-2-34-24-13-17(8-11-23(24)35-16-25(32)30-19-6-4-3-5-7-19)12-18(15-29)26(33)31-20-9-10-22(28)21(27)14-20/h3-14H,2,16H2,1H3,(H,30,32)(H,31,33)/b18-12+. The zero-order valence-electron chi connectivity index (χ0n) is 18.7. The maximum atomic E-state index is 13.3. The number of para-hydroxylation sites is 1. The predicted octanol–water partition coefficient (Wildman–Crippen LogP) is 5.44. The molecule has 9 heteroatoms. The Bertz CT molecular complexity index is 1290. The second-order valence-corrected chi connectivity index (χ2v) is 7.50. The van der Waals surface area contributed by atoms with Crippen LogP contribution in [0.4, 0.5) is 15.8 Å². The highest BCUT2D eigenvalue weighted by Crippen LogP contribution is 2.29. The fourth-order valence-corrected chi connectivity index (χ4v) is 3.13. The van der Waals surface area contributed by atoms with Crippen LogP contribution in [0.1, 0.15) is 12.5 Å². The van der Waals surface area contributed by atoms with Crippen LogP contribution in [0.15, 0.2) is 72.3 Å². The molecule has 3 rings (SSSR count). The number of hydrogen-bond donors (Lipinski definition) is 2. The quantitative estimate of drug-likeness (QED) is 0.305. The minimum absolute atomic E-state index is 0.153. The van der Waals surface area contributed by atoms with Gasteiger partial charge in [0, 0.05) is 11.4 Å². The lowest BCUT2D eigenvalue weighted by Crippen LogP contribution is -2.20. The smallest absolute Gasteiger partial charge is 0.266 e. The Morgan fingerprint density at radius 2 is 1.77 bits per heavy atom. The summed E-state index contributed by atoms with van der Waals surface area (Å²) in [6.45, 7) is 1.88. The van der Waals surface area contributed by atoms with Crippen molar-refractivity contribution in [1.82, 2.24) is 0 Å². The number of anilines is 2. The van der Waals surface area contributed by atoms with Gasteiger partial charge in [-0.05, 0) is 61.0 Å². The first-order chi connectivity index (χ1) is 16.9. The summed E-state index contributed by atoms with van der Waals surface area (Å²) in [6, 6.07) is 19.3. The Morgan fingerprint density at radius 3 is 2.46 bits per heavy atom. The van der Waals surface area contributed by atoms with Crippen molar-refractivity contribution in [3.63, 3.8) is 0 Å². The van der Waals surface area contributed by atoms with Crippen LogP contribution in [-0.4, -0.2) is 25.0 Å². The Morgan fingerprint density at radius 1 is 1.00 bits per heavy atom. The molecule has 7 nitrogen and oxygen atoms in total. The van der Waals surface area contributed by atoms with E-state index in [2.05, 4.69) is 10.6 Å². The summed E-state index contributed by atoms with van der Waals surface area (Å²) in [5.41, 5.74) is 1.20. The summed E-state index contributed by atoms with van der Waals surface area (Å²) < 4.78 is 24.5. The molecule has 0 atom stereocenters. The number of nitrogens with zero attached hydrogens (tertiary/aromatic N) is 1. The topological polar surface area (TPSA) is 100 Å². The van der Waals surface area contributed by atoms with Gasteiger partial charge in [0.2, 0.25) is 0 Å². The van der Waals surface area contributed by atoms with Crippen molar-refractivity contribution in [3.8, 4) is 17.6 Å². The summed E-state index contributed by atoms with van der Waals surface area (Å²) in [7, 11) is 0. The van der Waals surface area contributed by atoms with E-state index in [1.165, 1.54) is 18.2 Å². The average molecular weight is 494 g/mol. The Hall–Kier alpha value is -4.35. The van der Waals surface area contributed by atoms with Crippen LogP contribution in [0.3, 0.4) is 0 Å². The Balaban J connectivity index is 1.72. The lowest BCUT2D eigenvalue weighted by Gasteiger charge is -2.13. The second-order valence-electron chi connectivity index (χ2n) is 7.09. The van der Waals surface area contributed by atoms with Crippen molar-refractivity contribution in [2.45, 2.75) is 6.92 Å². The van der Waals surface area contributed by atoms with Crippen molar-refractivity contribution in [3.05, 3.63) is 88.7 Å². The van der Waals surface area contributed by atoms with Crippen molar-refractivity contribution in [2.75, 3.05) is 23.8 Å². The van der Waals surface area contributed by atoms with Gasteiger partial charge in [0.05, 0.1) is 11.6 Å². The third-order valence-electron chi connectivity index (χ3n) is 4.54. The van der Waals surface area contributed by atoms with E-state index in [0.717, 1.165) is 6.07 Å². The fraction of sp³-hybridized carbons (Fsp3) is 0.115. The summed E-state index contributed by atoms with van der Waals surface area (Å²) >= 11 is 5.73. The molecule has 0 radical (unpaired) electrons. The van der Waals surface area contributed by atoms with Crippen LogP contribution in [0.25, 0.3) is 6.08 Å². The van der Waals surface area contributed by atoms with Crippen molar-refractivity contribution in [1.29, 1.82) is 5.26 Å². The lowest BCUT2D eigenvalue weighted by atomic mass is 10.1. The molecular formula is C26H21ClFN3O4. The molecule has 2 amide bonds. The number of ether oxygens (including phenoxy) is 2. The normalized spacial score (nSPS) is 10.7. The largest absolute Gasteiger partial charge is 0.490 e. The molecule has 0 aromatic heterocycles. The van der Waals surface area contributed by atoms with Gasteiger partial charge in [-0.1, -0.05) is 35.9 Å². The molecular weight excluding hydrogens is 473 g/mol. The summed E-state index contributed by atoms with van der Waals surface area (Å²) in [5, 5.41) is 14.5. The number of carbonyl (C=O) groups is 2. The molecule has 0 fully saturated rings. The minimum atomic E-state index is -0.689. The van der Waals surface area contributed by atoms with Crippen molar-refractivity contribution >= 4 is 40.9 Å². The molecule has 178 valence electrons. The van der Waals surface area contributed by atoms with Crippen LogP contribution in [0.5, 0.6) is 11.5 Å². The van der Waals surface area contributed by atoms with E-state index in [4.69, 9.17) is 21.1 Å². The molecule has 35 heavy (non-hydrogen) atoms. The zero-order chi connectivity index (χ0) is 25.2. The summed E-state index contributed by atoms with van der Waals surface area (Å²) in [5.74, 6) is -0.977. The highest BCUT2D eigenvalue weighted by molar-refractivity contribution is 6.31. The molecule has 0 heterocycles. The molecule has 0 aliphatic rings. The number of carbonyl (C=O) groups excluding carboxylic acids is 2. The van der Waals surface area contributed by atoms with Gasteiger partial charge < -0.3 is 20.1 Å². The average Bonchev–Trinajstić information content (AvgIpc) is 2.85. The van der Waals surface area contributed by atoms with Crippen LogP contribution in [-0.2, 0) is 9.59 Å². The molecule has 0 aliphatic carbocycles. The molecule has 3 aromatic rings. The fourth-order valence-electron chi connectivity index (χ4n) is 2.95. The van der Waals surface area contributed by atoms with Crippen LogP contribution < -0.4 is 20.1 Å². The SMILES string of the molecule is CCOc1cc(/C=C(\C#N)C(=O)Nc2ccc(F)c(Cl)c2)ccc1OCC(=O)Nc1ccccc1. The highest BCUT2D eigenvalue weighted by Gasteiger charge is 2.13. The van der Waals surface area contributed by atoms with E-state index < -0.39 is 11.7 Å². The number of nitrogens with one attached hydrogen (secondary N) is 2. The number of hydrogen-bond acceptors (Lipinski definition) is 5. The highest BCUT2D eigenvalue weighted by atomic mass is 35.5. The van der Waals surface area contributed by atoms with E-state index in [1.807, 2.05) is 12.1 Å². The number of amides is 2. The van der Waals surface area contributed by atoms with Gasteiger partial charge in [0.1, 0.15) is 17.5 Å². The minimum Gasteiger partial charge on any atom is -0.490 e. The number of benzene rings is 3. The third kappa shape index (κ3) is 7.32. The van der Waals surface area contributed by atoms with Gasteiger partial charge in [0.25, 0.3) is 11.8 Å². The van der Waals surface area contributed by atoms with E-state index in [0.29, 0.717) is 29.4 Å². The Labute approximate surface area is 206 Å². The van der Waals surface area contributed by atoms with E-state index in [9.17, 15) is 19.2 Å². The third-order valence-corrected chi connectivity index (χ3v) is 4.83. The maximum Gasteiger partial charge on any atom is 0.266 e. The predicted molar refractivity (Wildman–Crippen MR) is 132 cm³/mol. The number of nitriles is 1. The molecule has 0 aliphatic heterocycles. The van der Waals surface area contributed by atoms with E-state index in [-0.39, 0.29) is 28.8 Å². The summed E-state index contributed by atoms with van der Waals surface area (Å²) in [6.07, 6.45) is 1.37. The van der Waals surface area contributed by atoms with Gasteiger partial charge in [-0.3, -0.25) is 9.59 Å². The molecule has 0 unspecified atom stereocenters. The monoisotopic (exact) mass is 493 g/mol. The first-order valence-corrected chi connectivity index (χ1v) is 10.9.